The van der Waals surface area contributed by atoms with E-state index in [4.69, 9.17) is 28.6 Å². The molecule has 0 spiro atoms. The minimum Gasteiger partial charge on any atom is -0.491 e. The molecule has 192 valence electrons. The van der Waals surface area contributed by atoms with Crippen molar-refractivity contribution in [1.29, 1.82) is 0 Å². The molecule has 0 saturated carbocycles. The van der Waals surface area contributed by atoms with E-state index in [0.29, 0.717) is 35.0 Å². The number of thiocarbonyl (C=S) groups is 1. The number of amides is 2. The van der Waals surface area contributed by atoms with Crippen molar-refractivity contribution >= 4 is 52.1 Å². The van der Waals surface area contributed by atoms with Crippen LogP contribution in [0.15, 0.2) is 72.8 Å². The molecule has 7 nitrogen and oxygen atoms in total. The quantitative estimate of drug-likeness (QED) is 0.421. The molecule has 4 rings (SSSR count). The minimum absolute atomic E-state index is 0.0197. The fraction of sp³-hybridized carbons (Fsp3) is 0.250. The van der Waals surface area contributed by atoms with Crippen molar-refractivity contribution < 1.29 is 14.3 Å². The standard InChI is InChI=1S/C28H29ClN4O3S/c1-19(2)36-25-13-5-20(6-14-25)26(34)31-28(37)30-23-9-11-24(12-10-23)32-15-17-33(18-16-32)27(35)21-3-7-22(29)8-4-21/h3-14,19H,15-18H2,1-2H3,(H2,30,31,34,37). The Bertz CT molecular complexity index is 1240. The molecule has 1 saturated heterocycles. The van der Waals surface area contributed by atoms with Crippen molar-refractivity contribution in [1.82, 2.24) is 10.2 Å². The van der Waals surface area contributed by atoms with E-state index >= 15 is 0 Å². The zero-order chi connectivity index (χ0) is 26.4. The highest BCUT2D eigenvalue weighted by atomic mass is 35.5. The molecule has 3 aromatic rings. The first-order valence-electron chi connectivity index (χ1n) is 12.1. The number of nitrogens with zero attached hydrogens (tertiary/aromatic N) is 2. The van der Waals surface area contributed by atoms with Crippen LogP contribution in [-0.2, 0) is 0 Å². The van der Waals surface area contributed by atoms with Crippen LogP contribution in [0.5, 0.6) is 5.75 Å². The van der Waals surface area contributed by atoms with Gasteiger partial charge in [-0.05, 0) is 98.9 Å². The van der Waals surface area contributed by atoms with Gasteiger partial charge >= 0.3 is 0 Å². The highest BCUT2D eigenvalue weighted by Gasteiger charge is 2.22. The minimum atomic E-state index is -0.295. The number of halogens is 1. The number of hydrogen-bond donors (Lipinski definition) is 2. The summed E-state index contributed by atoms with van der Waals surface area (Å²) in [4.78, 5) is 29.3. The Morgan fingerprint density at radius 3 is 2.05 bits per heavy atom. The Kier molecular flexibility index (Phi) is 8.63. The number of ether oxygens (including phenoxy) is 1. The van der Waals surface area contributed by atoms with E-state index < -0.39 is 0 Å². The molecule has 37 heavy (non-hydrogen) atoms. The zero-order valence-corrected chi connectivity index (χ0v) is 22.3. The largest absolute Gasteiger partial charge is 0.491 e. The second kappa shape index (κ2) is 12.1. The van der Waals surface area contributed by atoms with Crippen LogP contribution in [0.25, 0.3) is 0 Å². The number of nitrogens with one attached hydrogen (secondary N) is 2. The lowest BCUT2D eigenvalue weighted by Crippen LogP contribution is -2.48. The molecule has 0 radical (unpaired) electrons. The van der Waals surface area contributed by atoms with E-state index in [9.17, 15) is 9.59 Å². The number of carbonyl (C=O) groups excluding carboxylic acids is 2. The fourth-order valence-electron chi connectivity index (χ4n) is 3.99. The third-order valence-electron chi connectivity index (χ3n) is 5.86. The molecule has 0 aliphatic carbocycles. The molecule has 0 unspecified atom stereocenters. The summed E-state index contributed by atoms with van der Waals surface area (Å²) in [5.74, 6) is 0.435. The molecule has 2 N–H and O–H groups in total. The molecule has 0 atom stereocenters. The van der Waals surface area contributed by atoms with Crippen molar-refractivity contribution in [2.75, 3.05) is 36.4 Å². The number of benzene rings is 3. The number of carbonyl (C=O) groups is 2. The monoisotopic (exact) mass is 536 g/mol. The normalized spacial score (nSPS) is 13.3. The van der Waals surface area contributed by atoms with Crippen LogP contribution in [-0.4, -0.2) is 54.1 Å². The Hall–Kier alpha value is -3.62. The topological polar surface area (TPSA) is 73.9 Å². The molecule has 0 aromatic heterocycles. The van der Waals surface area contributed by atoms with E-state index in [-0.39, 0.29) is 23.0 Å². The second-order valence-electron chi connectivity index (χ2n) is 8.93. The Morgan fingerprint density at radius 2 is 1.46 bits per heavy atom. The lowest BCUT2D eigenvalue weighted by molar-refractivity contribution is 0.0746. The van der Waals surface area contributed by atoms with Crippen molar-refractivity contribution in [3.05, 3.63) is 88.9 Å². The predicted molar refractivity (Wildman–Crippen MR) is 152 cm³/mol. The molecule has 1 aliphatic rings. The van der Waals surface area contributed by atoms with Crippen molar-refractivity contribution in [3.8, 4) is 5.75 Å². The van der Waals surface area contributed by atoms with Gasteiger partial charge in [0.05, 0.1) is 6.10 Å². The zero-order valence-electron chi connectivity index (χ0n) is 20.7. The van der Waals surface area contributed by atoms with E-state index in [1.165, 1.54) is 0 Å². The fourth-order valence-corrected chi connectivity index (χ4v) is 4.33. The summed E-state index contributed by atoms with van der Waals surface area (Å²) in [5, 5.41) is 6.58. The van der Waals surface area contributed by atoms with Gasteiger partial charge in [-0.25, -0.2) is 0 Å². The lowest BCUT2D eigenvalue weighted by atomic mass is 10.1. The number of hydrogen-bond acceptors (Lipinski definition) is 5. The number of rotatable bonds is 6. The first kappa shape index (κ1) is 26.4. The molecule has 1 fully saturated rings. The summed E-state index contributed by atoms with van der Waals surface area (Å²) in [7, 11) is 0. The smallest absolute Gasteiger partial charge is 0.257 e. The summed E-state index contributed by atoms with van der Waals surface area (Å²) in [6, 6.07) is 21.7. The molecular weight excluding hydrogens is 508 g/mol. The van der Waals surface area contributed by atoms with Gasteiger partial charge < -0.3 is 19.9 Å². The molecule has 2 amide bonds. The van der Waals surface area contributed by atoms with Gasteiger partial charge in [-0.2, -0.15) is 0 Å². The molecule has 3 aromatic carbocycles. The van der Waals surface area contributed by atoms with Gasteiger partial charge in [0.2, 0.25) is 0 Å². The second-order valence-corrected chi connectivity index (χ2v) is 9.78. The summed E-state index contributed by atoms with van der Waals surface area (Å²) in [6.07, 6.45) is 0.0664. The third-order valence-corrected chi connectivity index (χ3v) is 6.32. The van der Waals surface area contributed by atoms with Crippen LogP contribution in [0.2, 0.25) is 5.02 Å². The third kappa shape index (κ3) is 7.21. The number of piperazine rings is 1. The molecule has 0 bridgehead atoms. The van der Waals surface area contributed by atoms with Crippen LogP contribution in [0.3, 0.4) is 0 Å². The Morgan fingerprint density at radius 1 is 0.865 bits per heavy atom. The Balaban J connectivity index is 1.25. The van der Waals surface area contributed by atoms with E-state index in [2.05, 4.69) is 15.5 Å². The van der Waals surface area contributed by atoms with Gasteiger partial charge in [0, 0.05) is 53.7 Å². The van der Waals surface area contributed by atoms with E-state index in [0.717, 1.165) is 24.5 Å². The van der Waals surface area contributed by atoms with Crippen LogP contribution in [0.4, 0.5) is 11.4 Å². The molecule has 1 aliphatic heterocycles. The van der Waals surface area contributed by atoms with Crippen LogP contribution in [0, 0.1) is 0 Å². The van der Waals surface area contributed by atoms with Crippen molar-refractivity contribution in [2.45, 2.75) is 20.0 Å². The first-order chi connectivity index (χ1) is 17.8. The van der Waals surface area contributed by atoms with E-state index in [1.807, 2.05) is 43.0 Å². The predicted octanol–water partition coefficient (Wildman–Crippen LogP) is 5.22. The highest BCUT2D eigenvalue weighted by Crippen LogP contribution is 2.21. The maximum Gasteiger partial charge on any atom is 0.257 e. The lowest BCUT2D eigenvalue weighted by Gasteiger charge is -2.36. The van der Waals surface area contributed by atoms with Crippen LogP contribution >= 0.6 is 23.8 Å². The van der Waals surface area contributed by atoms with Crippen LogP contribution in [0.1, 0.15) is 34.6 Å². The highest BCUT2D eigenvalue weighted by molar-refractivity contribution is 7.80. The SMILES string of the molecule is CC(C)Oc1ccc(C(=O)NC(=S)Nc2ccc(N3CCN(C(=O)c4ccc(Cl)cc4)CC3)cc2)cc1. The van der Waals surface area contributed by atoms with Gasteiger partial charge in [0.25, 0.3) is 11.8 Å². The summed E-state index contributed by atoms with van der Waals surface area (Å²) >= 11 is 11.2. The summed E-state index contributed by atoms with van der Waals surface area (Å²) < 4.78 is 5.61. The summed E-state index contributed by atoms with van der Waals surface area (Å²) in [5.41, 5.74) is 2.96. The van der Waals surface area contributed by atoms with Crippen LogP contribution < -0.4 is 20.3 Å². The summed E-state index contributed by atoms with van der Waals surface area (Å²) in [6.45, 7) is 6.65. The van der Waals surface area contributed by atoms with Crippen molar-refractivity contribution in [2.24, 2.45) is 0 Å². The van der Waals surface area contributed by atoms with Gasteiger partial charge in [-0.1, -0.05) is 11.6 Å². The maximum absolute atomic E-state index is 12.7. The first-order valence-corrected chi connectivity index (χ1v) is 12.9. The average Bonchev–Trinajstić information content (AvgIpc) is 2.89. The maximum atomic E-state index is 12.7. The van der Waals surface area contributed by atoms with Gasteiger partial charge in [-0.3, -0.25) is 14.9 Å². The molecule has 9 heteroatoms. The molecule has 1 heterocycles. The average molecular weight is 537 g/mol. The number of anilines is 2. The van der Waals surface area contributed by atoms with E-state index in [1.54, 1.807) is 48.5 Å². The van der Waals surface area contributed by atoms with Gasteiger partial charge in [-0.15, -0.1) is 0 Å². The van der Waals surface area contributed by atoms with Crippen molar-refractivity contribution in [3.63, 3.8) is 0 Å². The van der Waals surface area contributed by atoms with Gasteiger partial charge in [0.1, 0.15) is 5.75 Å². The molecular formula is C28H29ClN4O3S. The van der Waals surface area contributed by atoms with Gasteiger partial charge in [0.15, 0.2) is 5.11 Å². The Labute approximate surface area is 227 Å².